The van der Waals surface area contributed by atoms with Crippen molar-refractivity contribution in [2.75, 3.05) is 10.7 Å². The average Bonchev–Trinajstić information content (AvgIpc) is 2.89. The summed E-state index contributed by atoms with van der Waals surface area (Å²) in [4.78, 5) is 19.3. The molecular formula is C22H17N3OS. The second-order valence-electron chi connectivity index (χ2n) is 6.24. The standard InChI is InChI=1S/C22H17N3OS/c23-14-18-8-5-13-24-22(18)27-15-21(26)25-19-9-3-1-6-16(19)11-12-17-7-2-4-10-20(17)25/h1-10,13H,11-12,15H2. The monoisotopic (exact) mass is 371 g/mol. The minimum atomic E-state index is -0.0173. The first-order valence-corrected chi connectivity index (χ1v) is 9.73. The molecule has 2 heterocycles. The molecule has 0 aliphatic carbocycles. The number of nitriles is 1. The summed E-state index contributed by atoms with van der Waals surface area (Å²) >= 11 is 1.30. The Labute approximate surface area is 162 Å². The van der Waals surface area contributed by atoms with Gasteiger partial charge >= 0.3 is 0 Å². The van der Waals surface area contributed by atoms with E-state index in [2.05, 4.69) is 23.2 Å². The number of carbonyl (C=O) groups is 1. The number of amides is 1. The van der Waals surface area contributed by atoms with Crippen LogP contribution in [0.15, 0.2) is 71.9 Å². The summed E-state index contributed by atoms with van der Waals surface area (Å²) in [6.45, 7) is 0. The topological polar surface area (TPSA) is 57.0 Å². The highest BCUT2D eigenvalue weighted by molar-refractivity contribution is 8.00. The number of nitrogens with zero attached hydrogens (tertiary/aromatic N) is 3. The smallest absolute Gasteiger partial charge is 0.241 e. The number of anilines is 2. The average molecular weight is 371 g/mol. The molecule has 0 radical (unpaired) electrons. The van der Waals surface area contributed by atoms with E-state index in [0.717, 1.165) is 24.2 Å². The van der Waals surface area contributed by atoms with Crippen LogP contribution in [0.5, 0.6) is 0 Å². The van der Waals surface area contributed by atoms with Gasteiger partial charge in [0.05, 0.1) is 22.7 Å². The molecule has 5 heteroatoms. The van der Waals surface area contributed by atoms with Gasteiger partial charge in [-0.1, -0.05) is 48.2 Å². The molecule has 1 aliphatic heterocycles. The Balaban J connectivity index is 1.68. The highest BCUT2D eigenvalue weighted by Crippen LogP contribution is 2.36. The molecule has 0 N–H and O–H groups in total. The predicted octanol–water partition coefficient (Wildman–Crippen LogP) is 4.51. The molecule has 1 aliphatic rings. The summed E-state index contributed by atoms with van der Waals surface area (Å²) < 4.78 is 0. The van der Waals surface area contributed by atoms with E-state index in [1.54, 1.807) is 18.3 Å². The van der Waals surface area contributed by atoms with Crippen molar-refractivity contribution in [2.45, 2.75) is 17.9 Å². The van der Waals surface area contributed by atoms with E-state index < -0.39 is 0 Å². The molecule has 1 amide bonds. The number of aromatic nitrogens is 1. The Kier molecular flexibility index (Phi) is 4.91. The van der Waals surface area contributed by atoms with Crippen LogP contribution < -0.4 is 4.90 Å². The normalized spacial score (nSPS) is 12.5. The van der Waals surface area contributed by atoms with Crippen LogP contribution in [-0.2, 0) is 17.6 Å². The van der Waals surface area contributed by atoms with E-state index in [1.165, 1.54) is 22.9 Å². The Morgan fingerprint density at radius 3 is 2.26 bits per heavy atom. The second-order valence-corrected chi connectivity index (χ2v) is 7.21. The third-order valence-electron chi connectivity index (χ3n) is 4.60. The Morgan fingerprint density at radius 2 is 1.63 bits per heavy atom. The highest BCUT2D eigenvalue weighted by atomic mass is 32.2. The molecule has 4 rings (SSSR count). The van der Waals surface area contributed by atoms with E-state index in [-0.39, 0.29) is 11.7 Å². The van der Waals surface area contributed by atoms with Crippen LogP contribution in [0.25, 0.3) is 0 Å². The number of pyridine rings is 1. The molecule has 0 saturated carbocycles. The summed E-state index contributed by atoms with van der Waals surface area (Å²) in [5.41, 5.74) is 4.71. The van der Waals surface area contributed by atoms with Gasteiger partial charge in [0.15, 0.2) is 0 Å². The number of thioether (sulfide) groups is 1. The van der Waals surface area contributed by atoms with Gasteiger partial charge in [0.2, 0.25) is 5.91 Å². The number of para-hydroxylation sites is 2. The van der Waals surface area contributed by atoms with Crippen molar-refractivity contribution in [3.8, 4) is 6.07 Å². The first-order valence-electron chi connectivity index (χ1n) is 8.74. The fourth-order valence-electron chi connectivity index (χ4n) is 3.33. The summed E-state index contributed by atoms with van der Waals surface area (Å²) in [5, 5.41) is 9.82. The van der Waals surface area contributed by atoms with Crippen LogP contribution in [0, 0.1) is 11.3 Å². The number of benzene rings is 2. The Bertz CT molecular complexity index is 994. The Hall–Kier alpha value is -3.10. The predicted molar refractivity (Wildman–Crippen MR) is 107 cm³/mol. The van der Waals surface area contributed by atoms with Crippen LogP contribution >= 0.6 is 11.8 Å². The molecule has 0 unspecified atom stereocenters. The molecular weight excluding hydrogens is 354 g/mol. The number of rotatable bonds is 3. The number of hydrogen-bond acceptors (Lipinski definition) is 4. The largest absolute Gasteiger partial charge is 0.280 e. The fraction of sp³-hybridized carbons (Fsp3) is 0.136. The SMILES string of the molecule is N#Cc1cccnc1SCC(=O)N1c2ccccc2CCc2ccccc21. The molecule has 4 nitrogen and oxygen atoms in total. The van der Waals surface area contributed by atoms with Crippen molar-refractivity contribution in [2.24, 2.45) is 0 Å². The van der Waals surface area contributed by atoms with E-state index in [0.29, 0.717) is 10.6 Å². The van der Waals surface area contributed by atoms with Gasteiger partial charge in [-0.25, -0.2) is 4.98 Å². The lowest BCUT2D eigenvalue weighted by atomic mass is 10.0. The van der Waals surface area contributed by atoms with Gasteiger partial charge in [-0.3, -0.25) is 9.69 Å². The Morgan fingerprint density at radius 1 is 1.00 bits per heavy atom. The molecule has 0 spiro atoms. The lowest BCUT2D eigenvalue weighted by molar-refractivity contribution is -0.115. The number of carbonyl (C=O) groups excluding carboxylic acids is 1. The molecule has 0 saturated heterocycles. The maximum Gasteiger partial charge on any atom is 0.241 e. The van der Waals surface area contributed by atoms with Crippen LogP contribution in [-0.4, -0.2) is 16.6 Å². The van der Waals surface area contributed by atoms with Gasteiger partial charge in [-0.2, -0.15) is 5.26 Å². The van der Waals surface area contributed by atoms with Crippen molar-refractivity contribution < 1.29 is 4.79 Å². The summed E-state index contributed by atoms with van der Waals surface area (Å²) in [7, 11) is 0. The minimum absolute atomic E-state index is 0.0173. The van der Waals surface area contributed by atoms with Crippen molar-refractivity contribution in [3.63, 3.8) is 0 Å². The quantitative estimate of drug-likeness (QED) is 0.636. The maximum atomic E-state index is 13.2. The maximum absolute atomic E-state index is 13.2. The zero-order chi connectivity index (χ0) is 18.6. The number of hydrogen-bond donors (Lipinski definition) is 0. The highest BCUT2D eigenvalue weighted by Gasteiger charge is 2.25. The van der Waals surface area contributed by atoms with Crippen molar-refractivity contribution >= 4 is 29.0 Å². The van der Waals surface area contributed by atoms with Crippen LogP contribution in [0.1, 0.15) is 16.7 Å². The summed E-state index contributed by atoms with van der Waals surface area (Å²) in [6, 6.07) is 21.7. The van der Waals surface area contributed by atoms with Crippen LogP contribution in [0.4, 0.5) is 11.4 Å². The van der Waals surface area contributed by atoms with Gasteiger partial charge in [-0.15, -0.1) is 0 Å². The van der Waals surface area contributed by atoms with Crippen LogP contribution in [0.3, 0.4) is 0 Å². The molecule has 27 heavy (non-hydrogen) atoms. The van der Waals surface area contributed by atoms with E-state index in [1.807, 2.05) is 41.3 Å². The van der Waals surface area contributed by atoms with Gasteiger partial charge in [0.1, 0.15) is 11.1 Å². The van der Waals surface area contributed by atoms with Crippen molar-refractivity contribution in [1.82, 2.24) is 4.98 Å². The second kappa shape index (κ2) is 7.65. The first-order chi connectivity index (χ1) is 13.3. The number of fused-ring (bicyclic) bond motifs is 2. The number of aryl methyl sites for hydroxylation is 2. The molecule has 3 aromatic rings. The third-order valence-corrected chi connectivity index (χ3v) is 5.59. The first kappa shape index (κ1) is 17.3. The summed E-state index contributed by atoms with van der Waals surface area (Å²) in [5.74, 6) is 0.199. The van der Waals surface area contributed by atoms with Gasteiger partial charge in [-0.05, 0) is 48.2 Å². The van der Waals surface area contributed by atoms with E-state index in [9.17, 15) is 10.1 Å². The van der Waals surface area contributed by atoms with Gasteiger partial charge in [0.25, 0.3) is 0 Å². The molecule has 0 fully saturated rings. The third kappa shape index (κ3) is 3.44. The molecule has 1 aromatic heterocycles. The zero-order valence-corrected chi connectivity index (χ0v) is 15.4. The minimum Gasteiger partial charge on any atom is -0.280 e. The lowest BCUT2D eigenvalue weighted by Gasteiger charge is -2.25. The zero-order valence-electron chi connectivity index (χ0n) is 14.6. The molecule has 0 bridgehead atoms. The van der Waals surface area contributed by atoms with E-state index in [4.69, 9.17) is 0 Å². The van der Waals surface area contributed by atoms with Crippen molar-refractivity contribution in [3.05, 3.63) is 83.6 Å². The van der Waals surface area contributed by atoms with Gasteiger partial charge in [0, 0.05) is 6.20 Å². The molecule has 0 atom stereocenters. The van der Waals surface area contributed by atoms with Crippen molar-refractivity contribution in [1.29, 1.82) is 5.26 Å². The van der Waals surface area contributed by atoms with Gasteiger partial charge < -0.3 is 0 Å². The van der Waals surface area contributed by atoms with E-state index >= 15 is 0 Å². The molecule has 132 valence electrons. The van der Waals surface area contributed by atoms with Crippen LogP contribution in [0.2, 0.25) is 0 Å². The summed E-state index contributed by atoms with van der Waals surface area (Å²) in [6.07, 6.45) is 3.45. The molecule has 2 aromatic carbocycles. The fourth-order valence-corrected chi connectivity index (χ4v) is 4.13. The lowest BCUT2D eigenvalue weighted by Crippen LogP contribution is -2.28.